The van der Waals surface area contributed by atoms with E-state index in [2.05, 4.69) is 76.5 Å². The van der Waals surface area contributed by atoms with Crippen LogP contribution < -0.4 is 0 Å². The summed E-state index contributed by atoms with van der Waals surface area (Å²) < 4.78 is 2.38. The predicted molar refractivity (Wildman–Crippen MR) is 107 cm³/mol. The fourth-order valence-electron chi connectivity index (χ4n) is 3.56. The molecule has 0 saturated carbocycles. The highest BCUT2D eigenvalue weighted by molar-refractivity contribution is 7.14. The summed E-state index contributed by atoms with van der Waals surface area (Å²) in [5.74, 6) is 0. The van der Waals surface area contributed by atoms with Gasteiger partial charge in [-0.05, 0) is 36.8 Å². The van der Waals surface area contributed by atoms with Crippen molar-refractivity contribution in [2.45, 2.75) is 6.92 Å². The van der Waals surface area contributed by atoms with Crippen molar-refractivity contribution in [3.63, 3.8) is 0 Å². The Bertz CT molecular complexity index is 1150. The van der Waals surface area contributed by atoms with Crippen molar-refractivity contribution in [1.29, 1.82) is 0 Å². The Morgan fingerprint density at radius 3 is 2.08 bits per heavy atom. The molecule has 0 saturated heterocycles. The van der Waals surface area contributed by atoms with E-state index < -0.39 is 0 Å². The predicted octanol–water partition coefficient (Wildman–Crippen LogP) is 6.22. The molecule has 25 heavy (non-hydrogen) atoms. The first-order valence-corrected chi connectivity index (χ1v) is 9.20. The molecule has 0 aliphatic rings. The van der Waals surface area contributed by atoms with E-state index in [9.17, 15) is 0 Å². The molecule has 3 heterocycles. The number of hydrogen-bond acceptors (Lipinski definition) is 2. The number of para-hydroxylation sites is 2. The zero-order valence-electron chi connectivity index (χ0n) is 13.8. The van der Waals surface area contributed by atoms with Crippen LogP contribution in [-0.2, 0) is 0 Å². The Morgan fingerprint density at radius 2 is 1.44 bits per heavy atom. The van der Waals surface area contributed by atoms with Gasteiger partial charge >= 0.3 is 0 Å². The van der Waals surface area contributed by atoms with Gasteiger partial charge in [0.1, 0.15) is 0 Å². The van der Waals surface area contributed by atoms with E-state index in [1.807, 2.05) is 18.3 Å². The minimum absolute atomic E-state index is 1.04. The number of nitrogens with zero attached hydrogens (tertiary/aromatic N) is 2. The van der Waals surface area contributed by atoms with E-state index in [0.717, 1.165) is 5.69 Å². The second-order valence-electron chi connectivity index (χ2n) is 6.16. The summed E-state index contributed by atoms with van der Waals surface area (Å²) in [7, 11) is 0. The van der Waals surface area contributed by atoms with Crippen molar-refractivity contribution in [2.24, 2.45) is 0 Å². The van der Waals surface area contributed by atoms with E-state index in [-0.39, 0.29) is 0 Å². The van der Waals surface area contributed by atoms with Crippen LogP contribution in [0.25, 0.3) is 38.1 Å². The Labute approximate surface area is 150 Å². The van der Waals surface area contributed by atoms with Crippen LogP contribution in [-0.4, -0.2) is 9.55 Å². The second kappa shape index (κ2) is 5.57. The SMILES string of the molecule is Cc1c(-n2c3ccccc3c3ccccc32)csc1-c1ccccn1. The monoisotopic (exact) mass is 340 g/mol. The molecule has 5 aromatic rings. The maximum Gasteiger partial charge on any atom is 0.0805 e. The van der Waals surface area contributed by atoms with Gasteiger partial charge in [0.15, 0.2) is 0 Å². The Hall–Kier alpha value is -2.91. The van der Waals surface area contributed by atoms with Crippen molar-refractivity contribution in [3.8, 4) is 16.3 Å². The van der Waals surface area contributed by atoms with Gasteiger partial charge in [-0.2, -0.15) is 0 Å². The van der Waals surface area contributed by atoms with Crippen LogP contribution in [0.1, 0.15) is 5.56 Å². The maximum atomic E-state index is 4.53. The van der Waals surface area contributed by atoms with Gasteiger partial charge in [-0.1, -0.05) is 42.5 Å². The summed E-state index contributed by atoms with van der Waals surface area (Å²) >= 11 is 1.76. The van der Waals surface area contributed by atoms with Gasteiger partial charge in [0, 0.05) is 22.3 Å². The fraction of sp³-hybridized carbons (Fsp3) is 0.0455. The lowest BCUT2D eigenvalue weighted by Gasteiger charge is -2.08. The molecular formula is C22H16N2S. The average Bonchev–Trinajstić information content (AvgIpc) is 3.20. The summed E-state index contributed by atoms with van der Waals surface area (Å²) in [6.45, 7) is 2.19. The first kappa shape index (κ1) is 14.4. The molecule has 0 spiro atoms. The summed E-state index contributed by atoms with van der Waals surface area (Å²) in [6.07, 6.45) is 1.86. The molecule has 0 fully saturated rings. The number of pyridine rings is 1. The number of aromatic nitrogens is 2. The molecule has 2 nitrogen and oxygen atoms in total. The minimum atomic E-state index is 1.04. The zero-order valence-corrected chi connectivity index (χ0v) is 14.6. The van der Waals surface area contributed by atoms with E-state index in [4.69, 9.17) is 0 Å². The largest absolute Gasteiger partial charge is 0.308 e. The van der Waals surface area contributed by atoms with E-state index in [1.54, 1.807) is 11.3 Å². The van der Waals surface area contributed by atoms with Crippen LogP contribution in [0.2, 0.25) is 0 Å². The quantitative estimate of drug-likeness (QED) is 0.373. The van der Waals surface area contributed by atoms with Crippen molar-refractivity contribution < 1.29 is 0 Å². The molecule has 0 bridgehead atoms. The Balaban J connectivity index is 1.84. The van der Waals surface area contributed by atoms with Crippen LogP contribution in [0, 0.1) is 6.92 Å². The minimum Gasteiger partial charge on any atom is -0.308 e. The van der Waals surface area contributed by atoms with Gasteiger partial charge in [0.2, 0.25) is 0 Å². The smallest absolute Gasteiger partial charge is 0.0805 e. The average molecular weight is 340 g/mol. The maximum absolute atomic E-state index is 4.53. The molecule has 120 valence electrons. The van der Waals surface area contributed by atoms with E-state index >= 15 is 0 Å². The highest BCUT2D eigenvalue weighted by atomic mass is 32.1. The van der Waals surface area contributed by atoms with Crippen molar-refractivity contribution >= 4 is 33.1 Å². The second-order valence-corrected chi connectivity index (χ2v) is 7.04. The first-order chi connectivity index (χ1) is 12.3. The van der Waals surface area contributed by atoms with Crippen LogP contribution >= 0.6 is 11.3 Å². The van der Waals surface area contributed by atoms with Crippen LogP contribution in [0.15, 0.2) is 78.3 Å². The molecule has 3 aromatic heterocycles. The lowest BCUT2D eigenvalue weighted by atomic mass is 10.2. The molecule has 5 rings (SSSR count). The molecule has 0 atom stereocenters. The third kappa shape index (κ3) is 2.13. The summed E-state index contributed by atoms with van der Waals surface area (Å²) in [5.41, 5.74) is 6.05. The number of thiophene rings is 1. The van der Waals surface area contributed by atoms with E-state index in [1.165, 1.54) is 37.9 Å². The molecule has 2 aromatic carbocycles. The van der Waals surface area contributed by atoms with Gasteiger partial charge in [0.05, 0.1) is 27.3 Å². The lowest BCUT2D eigenvalue weighted by Crippen LogP contribution is -1.94. The number of fused-ring (bicyclic) bond motifs is 3. The number of benzene rings is 2. The van der Waals surface area contributed by atoms with Crippen molar-refractivity contribution in [3.05, 3.63) is 83.9 Å². The molecular weight excluding hydrogens is 324 g/mol. The normalized spacial score (nSPS) is 11.4. The van der Waals surface area contributed by atoms with Crippen LogP contribution in [0.4, 0.5) is 0 Å². The molecule has 0 unspecified atom stereocenters. The van der Waals surface area contributed by atoms with Gasteiger partial charge in [0.25, 0.3) is 0 Å². The Morgan fingerprint density at radius 1 is 0.800 bits per heavy atom. The highest BCUT2D eigenvalue weighted by Gasteiger charge is 2.16. The summed E-state index contributed by atoms with van der Waals surface area (Å²) in [6, 6.07) is 23.3. The topological polar surface area (TPSA) is 17.8 Å². The first-order valence-electron chi connectivity index (χ1n) is 8.32. The van der Waals surface area contributed by atoms with Crippen LogP contribution in [0.3, 0.4) is 0 Å². The van der Waals surface area contributed by atoms with Gasteiger partial charge in [-0.3, -0.25) is 4.98 Å². The molecule has 0 amide bonds. The lowest BCUT2D eigenvalue weighted by molar-refractivity contribution is 1.17. The van der Waals surface area contributed by atoms with Gasteiger partial charge in [-0.15, -0.1) is 11.3 Å². The summed E-state index contributed by atoms with van der Waals surface area (Å²) in [4.78, 5) is 5.76. The molecule has 0 radical (unpaired) electrons. The van der Waals surface area contributed by atoms with Crippen molar-refractivity contribution in [2.75, 3.05) is 0 Å². The third-order valence-electron chi connectivity index (χ3n) is 4.73. The fourth-order valence-corrected chi connectivity index (χ4v) is 4.59. The van der Waals surface area contributed by atoms with Crippen molar-refractivity contribution in [1.82, 2.24) is 9.55 Å². The molecule has 0 N–H and O–H groups in total. The van der Waals surface area contributed by atoms with Crippen LogP contribution in [0.5, 0.6) is 0 Å². The van der Waals surface area contributed by atoms with Gasteiger partial charge < -0.3 is 4.57 Å². The highest BCUT2D eigenvalue weighted by Crippen LogP contribution is 2.38. The standard InChI is InChI=1S/C22H16N2S/c1-15-21(14-25-22(15)18-10-6-7-13-23-18)24-19-11-4-2-8-16(19)17-9-3-5-12-20(17)24/h2-14H,1H3. The van der Waals surface area contributed by atoms with Gasteiger partial charge in [-0.25, -0.2) is 0 Å². The molecule has 3 heteroatoms. The zero-order chi connectivity index (χ0) is 16.8. The molecule has 0 aliphatic carbocycles. The number of rotatable bonds is 2. The number of hydrogen-bond donors (Lipinski definition) is 0. The van der Waals surface area contributed by atoms with E-state index in [0.29, 0.717) is 0 Å². The summed E-state index contributed by atoms with van der Waals surface area (Å²) in [5, 5.41) is 4.84. The Kier molecular flexibility index (Phi) is 3.22. The molecule has 0 aliphatic heterocycles. The third-order valence-corrected chi connectivity index (χ3v) is 5.82.